The molecule has 5 heteroatoms. The van der Waals surface area contributed by atoms with E-state index in [0.29, 0.717) is 36.6 Å². The van der Waals surface area contributed by atoms with Gasteiger partial charge in [0.1, 0.15) is 0 Å². The van der Waals surface area contributed by atoms with Crippen molar-refractivity contribution in [1.82, 2.24) is 4.90 Å². The van der Waals surface area contributed by atoms with E-state index in [4.69, 9.17) is 4.74 Å². The summed E-state index contributed by atoms with van der Waals surface area (Å²) in [5, 5.41) is 2.84. The van der Waals surface area contributed by atoms with E-state index < -0.39 is 0 Å². The maximum absolute atomic E-state index is 12.8. The molecule has 0 radical (unpaired) electrons. The van der Waals surface area contributed by atoms with Crippen LogP contribution in [0.15, 0.2) is 54.6 Å². The van der Waals surface area contributed by atoms with Crippen LogP contribution in [0.2, 0.25) is 0 Å². The first-order valence-electron chi connectivity index (χ1n) is 8.33. The predicted octanol–water partition coefficient (Wildman–Crippen LogP) is 3.19. The minimum Gasteiger partial charge on any atom is -0.377 e. The van der Waals surface area contributed by atoms with Crippen LogP contribution in [0.25, 0.3) is 0 Å². The second-order valence-electron chi connectivity index (χ2n) is 6.72. The second-order valence-corrected chi connectivity index (χ2v) is 6.72. The zero-order valence-corrected chi connectivity index (χ0v) is 14.5. The molecule has 0 atom stereocenters. The second kappa shape index (κ2) is 7.07. The summed E-state index contributed by atoms with van der Waals surface area (Å²) in [5.74, 6) is -0.191. The number of anilines is 1. The molecule has 1 fully saturated rings. The number of carbonyl (C=O) groups excluding carboxylic acids is 2. The van der Waals surface area contributed by atoms with Crippen molar-refractivity contribution in [3.63, 3.8) is 0 Å². The minimum atomic E-state index is -0.324. The third kappa shape index (κ3) is 3.88. The highest BCUT2D eigenvalue weighted by Crippen LogP contribution is 2.22. The number of nitrogens with zero attached hydrogens (tertiary/aromatic N) is 1. The van der Waals surface area contributed by atoms with Crippen LogP contribution >= 0.6 is 0 Å². The Labute approximate surface area is 147 Å². The standard InChI is InChI=1S/C20H22N2O3/c1-20(2)14-25-13-12-22(20)19(24)16-8-10-17(11-9-16)21-18(23)15-6-4-3-5-7-15/h3-11H,12-14H2,1-2H3,(H,21,23). The van der Waals surface area contributed by atoms with Crippen molar-refractivity contribution in [2.75, 3.05) is 25.1 Å². The minimum absolute atomic E-state index is 0.0192. The molecule has 0 saturated carbocycles. The highest BCUT2D eigenvalue weighted by Gasteiger charge is 2.34. The Balaban J connectivity index is 1.70. The van der Waals surface area contributed by atoms with Gasteiger partial charge in [0.2, 0.25) is 0 Å². The molecule has 2 amide bonds. The van der Waals surface area contributed by atoms with Gasteiger partial charge in [-0.3, -0.25) is 9.59 Å². The van der Waals surface area contributed by atoms with Crippen molar-refractivity contribution < 1.29 is 14.3 Å². The Morgan fingerprint density at radius 1 is 1.00 bits per heavy atom. The molecule has 1 aliphatic rings. The highest BCUT2D eigenvalue weighted by molar-refractivity contribution is 6.04. The molecule has 0 unspecified atom stereocenters. The smallest absolute Gasteiger partial charge is 0.255 e. The SMILES string of the molecule is CC1(C)COCCN1C(=O)c1ccc(NC(=O)c2ccccc2)cc1. The molecule has 0 aliphatic carbocycles. The first-order chi connectivity index (χ1) is 12.0. The van der Waals surface area contributed by atoms with Crippen molar-refractivity contribution >= 4 is 17.5 Å². The molecule has 3 rings (SSSR count). The largest absolute Gasteiger partial charge is 0.377 e. The lowest BCUT2D eigenvalue weighted by atomic mass is 10.0. The number of hydrogen-bond acceptors (Lipinski definition) is 3. The van der Waals surface area contributed by atoms with Gasteiger partial charge in [0.15, 0.2) is 0 Å². The fraction of sp³-hybridized carbons (Fsp3) is 0.300. The molecule has 1 heterocycles. The molecule has 0 bridgehead atoms. The Morgan fingerprint density at radius 3 is 2.32 bits per heavy atom. The number of ether oxygens (including phenoxy) is 1. The van der Waals surface area contributed by atoms with Crippen LogP contribution < -0.4 is 5.32 Å². The Hall–Kier alpha value is -2.66. The van der Waals surface area contributed by atoms with E-state index in [2.05, 4.69) is 5.32 Å². The first-order valence-corrected chi connectivity index (χ1v) is 8.33. The average molecular weight is 338 g/mol. The van der Waals surface area contributed by atoms with Crippen LogP contribution in [0.1, 0.15) is 34.6 Å². The van der Waals surface area contributed by atoms with Gasteiger partial charge in [-0.05, 0) is 50.2 Å². The van der Waals surface area contributed by atoms with Gasteiger partial charge in [-0.1, -0.05) is 18.2 Å². The quantitative estimate of drug-likeness (QED) is 0.935. The van der Waals surface area contributed by atoms with Gasteiger partial charge in [-0.2, -0.15) is 0 Å². The number of hydrogen-bond donors (Lipinski definition) is 1. The van der Waals surface area contributed by atoms with E-state index in [1.165, 1.54) is 0 Å². The number of benzene rings is 2. The van der Waals surface area contributed by atoms with Gasteiger partial charge in [0.05, 0.1) is 18.8 Å². The maximum Gasteiger partial charge on any atom is 0.255 e. The van der Waals surface area contributed by atoms with Crippen molar-refractivity contribution in [3.05, 3.63) is 65.7 Å². The lowest BCUT2D eigenvalue weighted by Crippen LogP contribution is -2.55. The van der Waals surface area contributed by atoms with Crippen LogP contribution in [0, 0.1) is 0 Å². The van der Waals surface area contributed by atoms with E-state index in [1.54, 1.807) is 36.4 Å². The van der Waals surface area contributed by atoms with Gasteiger partial charge in [0.25, 0.3) is 11.8 Å². The molecule has 25 heavy (non-hydrogen) atoms. The lowest BCUT2D eigenvalue weighted by Gasteiger charge is -2.42. The monoisotopic (exact) mass is 338 g/mol. The van der Waals surface area contributed by atoms with Crippen LogP contribution in [-0.4, -0.2) is 42.0 Å². The van der Waals surface area contributed by atoms with Crippen LogP contribution in [0.3, 0.4) is 0 Å². The predicted molar refractivity (Wildman–Crippen MR) is 96.8 cm³/mol. The topological polar surface area (TPSA) is 58.6 Å². The summed E-state index contributed by atoms with van der Waals surface area (Å²) in [6, 6.07) is 16.0. The van der Waals surface area contributed by atoms with Gasteiger partial charge < -0.3 is 15.0 Å². The number of carbonyl (C=O) groups is 2. The zero-order chi connectivity index (χ0) is 17.9. The molecule has 2 aromatic rings. The summed E-state index contributed by atoms with van der Waals surface area (Å²) in [6.45, 7) is 5.67. The summed E-state index contributed by atoms with van der Waals surface area (Å²) >= 11 is 0. The molecular weight excluding hydrogens is 316 g/mol. The fourth-order valence-electron chi connectivity index (χ4n) is 2.88. The van der Waals surface area contributed by atoms with Crippen molar-refractivity contribution in [2.45, 2.75) is 19.4 Å². The molecule has 1 N–H and O–H groups in total. The van der Waals surface area contributed by atoms with E-state index in [9.17, 15) is 9.59 Å². The Bertz CT molecular complexity index is 754. The van der Waals surface area contributed by atoms with Crippen molar-refractivity contribution in [2.24, 2.45) is 0 Å². The van der Waals surface area contributed by atoms with Gasteiger partial charge in [-0.15, -0.1) is 0 Å². The summed E-state index contributed by atoms with van der Waals surface area (Å²) in [5.41, 5.74) is 1.53. The summed E-state index contributed by atoms with van der Waals surface area (Å²) in [4.78, 5) is 26.8. The Morgan fingerprint density at radius 2 is 1.68 bits per heavy atom. The molecule has 1 saturated heterocycles. The number of rotatable bonds is 3. The van der Waals surface area contributed by atoms with Crippen molar-refractivity contribution in [1.29, 1.82) is 0 Å². The fourth-order valence-corrected chi connectivity index (χ4v) is 2.88. The molecule has 1 aliphatic heterocycles. The molecule has 5 nitrogen and oxygen atoms in total. The van der Waals surface area contributed by atoms with Gasteiger partial charge in [0, 0.05) is 23.4 Å². The molecule has 2 aromatic carbocycles. The summed E-state index contributed by atoms with van der Waals surface area (Å²) in [7, 11) is 0. The third-order valence-electron chi connectivity index (χ3n) is 4.32. The van der Waals surface area contributed by atoms with Crippen LogP contribution in [0.4, 0.5) is 5.69 Å². The lowest BCUT2D eigenvalue weighted by molar-refractivity contribution is -0.0370. The summed E-state index contributed by atoms with van der Waals surface area (Å²) < 4.78 is 5.46. The van der Waals surface area contributed by atoms with E-state index in [0.717, 1.165) is 0 Å². The third-order valence-corrected chi connectivity index (χ3v) is 4.32. The molecular formula is C20H22N2O3. The first kappa shape index (κ1) is 17.2. The number of morpholine rings is 1. The number of amides is 2. The van der Waals surface area contributed by atoms with Crippen LogP contribution in [0.5, 0.6) is 0 Å². The maximum atomic E-state index is 12.8. The zero-order valence-electron chi connectivity index (χ0n) is 14.5. The number of nitrogens with one attached hydrogen (secondary N) is 1. The van der Waals surface area contributed by atoms with Gasteiger partial charge in [-0.25, -0.2) is 0 Å². The van der Waals surface area contributed by atoms with Gasteiger partial charge >= 0.3 is 0 Å². The van der Waals surface area contributed by atoms with E-state index in [-0.39, 0.29) is 17.4 Å². The van der Waals surface area contributed by atoms with Crippen molar-refractivity contribution in [3.8, 4) is 0 Å². The normalized spacial score (nSPS) is 16.3. The summed E-state index contributed by atoms with van der Waals surface area (Å²) in [6.07, 6.45) is 0. The Kier molecular flexibility index (Phi) is 4.86. The molecule has 130 valence electrons. The van der Waals surface area contributed by atoms with E-state index >= 15 is 0 Å². The molecule has 0 aromatic heterocycles. The van der Waals surface area contributed by atoms with E-state index in [1.807, 2.05) is 36.9 Å². The highest BCUT2D eigenvalue weighted by atomic mass is 16.5. The molecule has 0 spiro atoms. The van der Waals surface area contributed by atoms with Crippen LogP contribution in [-0.2, 0) is 4.74 Å². The average Bonchev–Trinajstić information content (AvgIpc) is 2.62.